The van der Waals surface area contributed by atoms with E-state index in [0.717, 1.165) is 5.56 Å². The smallest absolute Gasteiger partial charge is 0.126 e. The first-order valence-electron chi connectivity index (χ1n) is 3.81. The van der Waals surface area contributed by atoms with Gasteiger partial charge in [-0.2, -0.15) is 5.26 Å². The highest BCUT2D eigenvalue weighted by molar-refractivity contribution is 5.28. The van der Waals surface area contributed by atoms with Crippen molar-refractivity contribution in [3.63, 3.8) is 0 Å². The first-order chi connectivity index (χ1) is 5.65. The van der Waals surface area contributed by atoms with Gasteiger partial charge in [0, 0.05) is 0 Å². The van der Waals surface area contributed by atoms with Crippen LogP contribution in [0.1, 0.15) is 24.0 Å². The molecule has 1 rings (SSSR count). The van der Waals surface area contributed by atoms with Crippen LogP contribution in [0.2, 0.25) is 0 Å². The molecule has 0 fully saturated rings. The monoisotopic (exact) mass is 163 g/mol. The molecule has 0 amide bonds. The molecule has 0 aliphatic carbocycles. The molecule has 0 bridgehead atoms. The van der Waals surface area contributed by atoms with Gasteiger partial charge in [0.15, 0.2) is 0 Å². The van der Waals surface area contributed by atoms with Crippen molar-refractivity contribution in [3.8, 4) is 6.07 Å². The van der Waals surface area contributed by atoms with Crippen molar-refractivity contribution in [1.82, 2.24) is 0 Å². The molecular weight excluding hydrogens is 153 g/mol. The Bertz CT molecular complexity index is 325. The van der Waals surface area contributed by atoms with Crippen molar-refractivity contribution >= 4 is 0 Å². The van der Waals surface area contributed by atoms with Crippen LogP contribution in [-0.4, -0.2) is 0 Å². The lowest BCUT2D eigenvalue weighted by Gasteiger charge is -2.03. The van der Waals surface area contributed by atoms with E-state index in [4.69, 9.17) is 5.26 Å². The maximum atomic E-state index is 13.0. The fraction of sp³-hybridized carbons (Fsp3) is 0.300. The van der Waals surface area contributed by atoms with Crippen LogP contribution < -0.4 is 0 Å². The van der Waals surface area contributed by atoms with Crippen molar-refractivity contribution in [2.24, 2.45) is 0 Å². The molecule has 62 valence electrons. The molecule has 0 N–H and O–H groups in total. The molecule has 12 heavy (non-hydrogen) atoms. The van der Waals surface area contributed by atoms with E-state index in [1.807, 2.05) is 0 Å². The number of rotatable bonds is 1. The van der Waals surface area contributed by atoms with Crippen molar-refractivity contribution in [2.45, 2.75) is 19.8 Å². The van der Waals surface area contributed by atoms with Gasteiger partial charge in [-0.25, -0.2) is 4.39 Å². The maximum absolute atomic E-state index is 13.0. The molecule has 0 radical (unpaired) electrons. The van der Waals surface area contributed by atoms with E-state index in [-0.39, 0.29) is 11.7 Å². The molecule has 0 heterocycles. The first-order valence-corrected chi connectivity index (χ1v) is 3.81. The van der Waals surface area contributed by atoms with Crippen LogP contribution in [0.15, 0.2) is 18.2 Å². The van der Waals surface area contributed by atoms with Crippen LogP contribution >= 0.6 is 0 Å². The second-order valence-corrected chi connectivity index (χ2v) is 2.86. The second-order valence-electron chi connectivity index (χ2n) is 2.86. The number of hydrogen-bond acceptors (Lipinski definition) is 1. The van der Waals surface area contributed by atoms with Gasteiger partial charge in [0.25, 0.3) is 0 Å². The lowest BCUT2D eigenvalue weighted by molar-refractivity contribution is 0.615. The molecule has 2 heteroatoms. The van der Waals surface area contributed by atoms with Gasteiger partial charge < -0.3 is 0 Å². The van der Waals surface area contributed by atoms with Crippen molar-refractivity contribution in [2.75, 3.05) is 0 Å². The first kappa shape index (κ1) is 8.73. The lowest BCUT2D eigenvalue weighted by Crippen LogP contribution is -1.91. The Kier molecular flexibility index (Phi) is 2.44. The fourth-order valence-electron chi connectivity index (χ4n) is 0.953. The van der Waals surface area contributed by atoms with Crippen LogP contribution in [0.25, 0.3) is 0 Å². The number of nitrogens with zero attached hydrogens (tertiary/aromatic N) is 1. The molecule has 0 saturated carbocycles. The minimum absolute atomic E-state index is 0.236. The Morgan fingerprint density at radius 2 is 2.17 bits per heavy atom. The Morgan fingerprint density at radius 1 is 1.50 bits per heavy atom. The van der Waals surface area contributed by atoms with Crippen LogP contribution in [-0.2, 0) is 0 Å². The molecule has 0 aliphatic rings. The third-order valence-electron chi connectivity index (χ3n) is 1.89. The van der Waals surface area contributed by atoms with Gasteiger partial charge in [0.2, 0.25) is 0 Å². The maximum Gasteiger partial charge on any atom is 0.126 e. The highest BCUT2D eigenvalue weighted by Crippen LogP contribution is 2.16. The zero-order valence-electron chi connectivity index (χ0n) is 7.13. The van der Waals surface area contributed by atoms with E-state index in [1.54, 1.807) is 26.0 Å². The summed E-state index contributed by atoms with van der Waals surface area (Å²) in [6.07, 6.45) is 0. The average Bonchev–Trinajstić information content (AvgIpc) is 2.08. The van der Waals surface area contributed by atoms with E-state index in [9.17, 15) is 4.39 Å². The normalized spacial score (nSPS) is 12.2. The zero-order chi connectivity index (χ0) is 9.14. The van der Waals surface area contributed by atoms with Gasteiger partial charge in [0.1, 0.15) is 5.82 Å². The SMILES string of the molecule is Cc1ccc(C(C)C#N)cc1F. The van der Waals surface area contributed by atoms with E-state index in [1.165, 1.54) is 6.07 Å². The van der Waals surface area contributed by atoms with E-state index in [2.05, 4.69) is 6.07 Å². The number of benzene rings is 1. The van der Waals surface area contributed by atoms with Gasteiger partial charge in [-0.05, 0) is 31.0 Å². The van der Waals surface area contributed by atoms with Crippen molar-refractivity contribution < 1.29 is 4.39 Å². The summed E-state index contributed by atoms with van der Waals surface area (Å²) in [4.78, 5) is 0. The molecule has 1 nitrogen and oxygen atoms in total. The molecule has 1 aromatic carbocycles. The second kappa shape index (κ2) is 3.36. The predicted molar refractivity (Wildman–Crippen MR) is 45.2 cm³/mol. The predicted octanol–water partition coefficient (Wildman–Crippen LogP) is 2.76. The summed E-state index contributed by atoms with van der Waals surface area (Å²) < 4.78 is 13.0. The lowest BCUT2D eigenvalue weighted by atomic mass is 10.0. The third kappa shape index (κ3) is 1.62. The molecule has 0 spiro atoms. The summed E-state index contributed by atoms with van der Waals surface area (Å²) in [6.45, 7) is 3.46. The van der Waals surface area contributed by atoms with Crippen LogP contribution in [0.5, 0.6) is 0 Å². The van der Waals surface area contributed by atoms with Crippen LogP contribution in [0, 0.1) is 24.1 Å². The number of hydrogen-bond donors (Lipinski definition) is 0. The summed E-state index contributed by atoms with van der Waals surface area (Å²) in [7, 11) is 0. The average molecular weight is 163 g/mol. The minimum Gasteiger partial charge on any atom is -0.207 e. The Hall–Kier alpha value is -1.36. The van der Waals surface area contributed by atoms with E-state index >= 15 is 0 Å². The van der Waals surface area contributed by atoms with Gasteiger partial charge in [-0.3, -0.25) is 0 Å². The Morgan fingerprint density at radius 3 is 2.67 bits per heavy atom. The quantitative estimate of drug-likeness (QED) is 0.624. The summed E-state index contributed by atoms with van der Waals surface area (Å²) in [5, 5.41) is 8.58. The third-order valence-corrected chi connectivity index (χ3v) is 1.89. The number of aryl methyl sites for hydroxylation is 1. The highest BCUT2D eigenvalue weighted by atomic mass is 19.1. The molecule has 1 aromatic rings. The standard InChI is InChI=1S/C10H10FN/c1-7-3-4-9(5-10(7)11)8(2)6-12/h3-5,8H,1-2H3. The van der Waals surface area contributed by atoms with Crippen LogP contribution in [0.4, 0.5) is 4.39 Å². The molecule has 0 aliphatic heterocycles. The number of halogens is 1. The highest BCUT2D eigenvalue weighted by Gasteiger charge is 2.05. The Labute approximate surface area is 71.4 Å². The van der Waals surface area contributed by atoms with Crippen molar-refractivity contribution in [3.05, 3.63) is 35.1 Å². The summed E-state index contributed by atoms with van der Waals surface area (Å²) in [5.41, 5.74) is 1.35. The Balaban J connectivity index is 3.06. The van der Waals surface area contributed by atoms with Gasteiger partial charge >= 0.3 is 0 Å². The van der Waals surface area contributed by atoms with Gasteiger partial charge in [0.05, 0.1) is 12.0 Å². The molecule has 1 atom stereocenters. The molecule has 1 unspecified atom stereocenters. The molecule has 0 saturated heterocycles. The summed E-state index contributed by atoms with van der Waals surface area (Å²) in [6, 6.07) is 6.96. The summed E-state index contributed by atoms with van der Waals surface area (Å²) >= 11 is 0. The molecule has 0 aromatic heterocycles. The van der Waals surface area contributed by atoms with E-state index < -0.39 is 0 Å². The largest absolute Gasteiger partial charge is 0.207 e. The topological polar surface area (TPSA) is 23.8 Å². The molecular formula is C10H10FN. The van der Waals surface area contributed by atoms with Gasteiger partial charge in [-0.1, -0.05) is 12.1 Å². The fourth-order valence-corrected chi connectivity index (χ4v) is 0.953. The minimum atomic E-state index is -0.241. The number of nitriles is 1. The van der Waals surface area contributed by atoms with Crippen LogP contribution in [0.3, 0.4) is 0 Å². The summed E-state index contributed by atoms with van der Waals surface area (Å²) in [5.74, 6) is -0.477. The van der Waals surface area contributed by atoms with Gasteiger partial charge in [-0.15, -0.1) is 0 Å². The zero-order valence-corrected chi connectivity index (χ0v) is 7.13. The van der Waals surface area contributed by atoms with E-state index in [0.29, 0.717) is 5.56 Å². The van der Waals surface area contributed by atoms with Crippen molar-refractivity contribution in [1.29, 1.82) is 5.26 Å².